The predicted molar refractivity (Wildman–Crippen MR) is 106 cm³/mol. The molecule has 130 valence electrons. The second-order valence-electron chi connectivity index (χ2n) is 6.15. The van der Waals surface area contributed by atoms with Crippen molar-refractivity contribution in [2.24, 2.45) is 0 Å². The lowest BCUT2D eigenvalue weighted by molar-refractivity contribution is -0.127. The number of hydrogen-bond acceptors (Lipinski definition) is 2. The number of allylic oxidation sites excluding steroid dienone is 1. The second kappa shape index (κ2) is 7.23. The Morgan fingerprint density at radius 1 is 1.12 bits per heavy atom. The molecule has 0 saturated heterocycles. The van der Waals surface area contributed by atoms with Crippen LogP contribution in [-0.4, -0.2) is 29.0 Å². The van der Waals surface area contributed by atoms with E-state index in [1.165, 1.54) is 5.39 Å². The smallest absolute Gasteiger partial charge is 0.253 e. The summed E-state index contributed by atoms with van der Waals surface area (Å²) in [6, 6.07) is 14.3. The third-order valence-corrected chi connectivity index (χ3v) is 4.88. The SMILES string of the molecule is CCN(CC)C(=O)C1=C(C)NC(=S)N[C@H]1c1ccc2ccccc2c1. The maximum Gasteiger partial charge on any atom is 0.253 e. The lowest BCUT2D eigenvalue weighted by atomic mass is 9.93. The first-order chi connectivity index (χ1) is 12.0. The van der Waals surface area contributed by atoms with E-state index in [0.29, 0.717) is 18.2 Å². The third kappa shape index (κ3) is 3.37. The van der Waals surface area contributed by atoms with Crippen molar-refractivity contribution in [2.45, 2.75) is 26.8 Å². The standard InChI is InChI=1S/C20H23N3OS/c1-4-23(5-2)19(24)17-13(3)21-20(25)22-18(17)16-11-10-14-8-6-7-9-15(14)12-16/h6-12,18H,4-5H2,1-3H3,(H2,21,22,25)/t18-/m0/s1. The van der Waals surface area contributed by atoms with Crippen molar-refractivity contribution in [3.8, 4) is 0 Å². The molecule has 1 heterocycles. The molecule has 25 heavy (non-hydrogen) atoms. The van der Waals surface area contributed by atoms with Gasteiger partial charge in [0.15, 0.2) is 5.11 Å². The third-order valence-electron chi connectivity index (χ3n) is 4.66. The molecule has 0 radical (unpaired) electrons. The lowest BCUT2D eigenvalue weighted by Gasteiger charge is -2.33. The van der Waals surface area contributed by atoms with E-state index in [9.17, 15) is 4.79 Å². The van der Waals surface area contributed by atoms with Crippen LogP contribution in [0.3, 0.4) is 0 Å². The summed E-state index contributed by atoms with van der Waals surface area (Å²) in [6.45, 7) is 7.27. The Morgan fingerprint density at radius 2 is 1.80 bits per heavy atom. The second-order valence-corrected chi connectivity index (χ2v) is 6.56. The molecule has 0 aromatic heterocycles. The molecule has 5 heteroatoms. The van der Waals surface area contributed by atoms with Crippen molar-refractivity contribution in [3.05, 3.63) is 59.3 Å². The van der Waals surface area contributed by atoms with Crippen LogP contribution in [0.4, 0.5) is 0 Å². The number of nitrogens with zero attached hydrogens (tertiary/aromatic N) is 1. The zero-order valence-electron chi connectivity index (χ0n) is 14.8. The molecule has 1 amide bonds. The molecule has 2 N–H and O–H groups in total. The minimum atomic E-state index is -0.244. The number of nitrogens with one attached hydrogen (secondary N) is 2. The maximum atomic E-state index is 13.1. The first-order valence-electron chi connectivity index (χ1n) is 8.61. The number of carbonyl (C=O) groups excluding carboxylic acids is 1. The molecule has 0 fully saturated rings. The fourth-order valence-electron chi connectivity index (χ4n) is 3.30. The lowest BCUT2D eigenvalue weighted by Crippen LogP contribution is -2.47. The summed E-state index contributed by atoms with van der Waals surface area (Å²) in [6.07, 6.45) is 0. The van der Waals surface area contributed by atoms with E-state index < -0.39 is 0 Å². The molecule has 1 atom stereocenters. The van der Waals surface area contributed by atoms with Crippen molar-refractivity contribution in [1.82, 2.24) is 15.5 Å². The summed E-state index contributed by atoms with van der Waals surface area (Å²) in [5.74, 6) is 0.0446. The van der Waals surface area contributed by atoms with E-state index in [1.54, 1.807) is 0 Å². The average molecular weight is 353 g/mol. The van der Waals surface area contributed by atoms with Gasteiger partial charge in [-0.1, -0.05) is 36.4 Å². The Morgan fingerprint density at radius 3 is 2.48 bits per heavy atom. The number of likely N-dealkylation sites (N-methyl/N-ethyl adjacent to an activating group) is 1. The molecule has 2 aromatic rings. The molecular formula is C20H23N3OS. The first-order valence-corrected chi connectivity index (χ1v) is 9.02. The van der Waals surface area contributed by atoms with Crippen molar-refractivity contribution < 1.29 is 4.79 Å². The molecule has 3 rings (SSSR count). The fraction of sp³-hybridized carbons (Fsp3) is 0.300. The maximum absolute atomic E-state index is 13.1. The number of rotatable bonds is 4. The van der Waals surface area contributed by atoms with Crippen LogP contribution in [-0.2, 0) is 4.79 Å². The summed E-state index contributed by atoms with van der Waals surface area (Å²) in [5.41, 5.74) is 2.59. The van der Waals surface area contributed by atoms with E-state index in [2.05, 4.69) is 41.0 Å². The molecular weight excluding hydrogens is 330 g/mol. The number of benzene rings is 2. The Hall–Kier alpha value is -2.40. The van der Waals surface area contributed by atoms with Gasteiger partial charge in [-0.2, -0.15) is 0 Å². The Labute approximate surface area is 153 Å². The average Bonchev–Trinajstić information content (AvgIpc) is 2.61. The normalized spacial score (nSPS) is 17.2. The van der Waals surface area contributed by atoms with Crippen LogP contribution in [0.25, 0.3) is 10.8 Å². The highest BCUT2D eigenvalue weighted by atomic mass is 32.1. The number of hydrogen-bond donors (Lipinski definition) is 2. The monoisotopic (exact) mass is 353 g/mol. The van der Waals surface area contributed by atoms with E-state index in [-0.39, 0.29) is 11.9 Å². The van der Waals surface area contributed by atoms with Crippen molar-refractivity contribution in [3.63, 3.8) is 0 Å². The van der Waals surface area contributed by atoms with Crippen LogP contribution in [0.15, 0.2) is 53.7 Å². The summed E-state index contributed by atoms with van der Waals surface area (Å²) >= 11 is 5.34. The van der Waals surface area contributed by atoms with Crippen LogP contribution in [0.2, 0.25) is 0 Å². The van der Waals surface area contributed by atoms with Gasteiger partial charge in [0, 0.05) is 18.8 Å². The van der Waals surface area contributed by atoms with Gasteiger partial charge in [0.05, 0.1) is 11.6 Å². The zero-order valence-corrected chi connectivity index (χ0v) is 15.6. The van der Waals surface area contributed by atoms with Crippen LogP contribution >= 0.6 is 12.2 Å². The summed E-state index contributed by atoms with van der Waals surface area (Å²) in [4.78, 5) is 14.9. The highest BCUT2D eigenvalue weighted by molar-refractivity contribution is 7.80. The van der Waals surface area contributed by atoms with Crippen LogP contribution in [0, 0.1) is 0 Å². The molecule has 0 unspecified atom stereocenters. The van der Waals surface area contributed by atoms with E-state index in [1.807, 2.05) is 37.8 Å². The fourth-order valence-corrected chi connectivity index (χ4v) is 3.57. The minimum absolute atomic E-state index is 0.0446. The molecule has 0 saturated carbocycles. The summed E-state index contributed by atoms with van der Waals surface area (Å²) in [7, 11) is 0. The van der Waals surface area contributed by atoms with E-state index in [0.717, 1.165) is 22.2 Å². The molecule has 0 spiro atoms. The highest BCUT2D eigenvalue weighted by Gasteiger charge is 2.31. The van der Waals surface area contributed by atoms with Gasteiger partial charge < -0.3 is 15.5 Å². The summed E-state index contributed by atoms with van der Waals surface area (Å²) in [5, 5.41) is 9.26. The molecule has 1 aliphatic rings. The molecule has 2 aromatic carbocycles. The van der Waals surface area contributed by atoms with Crippen LogP contribution in [0.1, 0.15) is 32.4 Å². The topological polar surface area (TPSA) is 44.4 Å². The van der Waals surface area contributed by atoms with Crippen molar-refractivity contribution in [2.75, 3.05) is 13.1 Å². The Balaban J connectivity index is 2.08. The van der Waals surface area contributed by atoms with Gasteiger partial charge >= 0.3 is 0 Å². The van der Waals surface area contributed by atoms with Gasteiger partial charge in [-0.05, 0) is 55.4 Å². The van der Waals surface area contributed by atoms with Crippen LogP contribution in [0.5, 0.6) is 0 Å². The quantitative estimate of drug-likeness (QED) is 0.826. The number of amides is 1. The van der Waals surface area contributed by atoms with E-state index >= 15 is 0 Å². The van der Waals surface area contributed by atoms with Gasteiger partial charge in [0.25, 0.3) is 5.91 Å². The summed E-state index contributed by atoms with van der Waals surface area (Å²) < 4.78 is 0. The van der Waals surface area contributed by atoms with Crippen LogP contribution < -0.4 is 10.6 Å². The Kier molecular flexibility index (Phi) is 5.04. The van der Waals surface area contributed by atoms with Crippen molar-refractivity contribution >= 4 is 34.0 Å². The molecule has 0 bridgehead atoms. The van der Waals surface area contributed by atoms with Gasteiger partial charge in [0.2, 0.25) is 0 Å². The largest absolute Gasteiger partial charge is 0.351 e. The van der Waals surface area contributed by atoms with Gasteiger partial charge in [-0.15, -0.1) is 0 Å². The van der Waals surface area contributed by atoms with Crippen molar-refractivity contribution in [1.29, 1.82) is 0 Å². The Bertz CT molecular complexity index is 855. The number of thiocarbonyl (C=S) groups is 1. The minimum Gasteiger partial charge on any atom is -0.351 e. The molecule has 4 nitrogen and oxygen atoms in total. The predicted octanol–water partition coefficient (Wildman–Crippen LogP) is 3.50. The molecule has 1 aliphatic heterocycles. The van der Waals surface area contributed by atoms with Gasteiger partial charge in [0.1, 0.15) is 0 Å². The number of carbonyl (C=O) groups is 1. The van der Waals surface area contributed by atoms with Gasteiger partial charge in [-0.25, -0.2) is 0 Å². The van der Waals surface area contributed by atoms with Gasteiger partial charge in [-0.3, -0.25) is 4.79 Å². The highest BCUT2D eigenvalue weighted by Crippen LogP contribution is 2.30. The first kappa shape index (κ1) is 17.4. The molecule has 0 aliphatic carbocycles. The van der Waals surface area contributed by atoms with E-state index in [4.69, 9.17) is 12.2 Å². The zero-order chi connectivity index (χ0) is 18.0. The number of fused-ring (bicyclic) bond motifs is 1.